The minimum atomic E-state index is 0.435. The number of likely N-dealkylation sites (tertiary alicyclic amines) is 1. The molecule has 0 aromatic rings. The quantitative estimate of drug-likeness (QED) is 0.664. The third kappa shape index (κ3) is 3.61. The van der Waals surface area contributed by atoms with Crippen molar-refractivity contribution in [1.29, 1.82) is 0 Å². The minimum Gasteiger partial charge on any atom is -0.298 e. The first-order valence-corrected chi connectivity index (χ1v) is 6.27. The summed E-state index contributed by atoms with van der Waals surface area (Å²) < 4.78 is 0. The van der Waals surface area contributed by atoms with Crippen LogP contribution in [0.2, 0.25) is 0 Å². The van der Waals surface area contributed by atoms with E-state index >= 15 is 0 Å². The Hall–Kier alpha value is -0.0400. The van der Waals surface area contributed by atoms with Crippen LogP contribution in [-0.2, 0) is 0 Å². The molecule has 0 saturated carbocycles. The molecular formula is C13H27N. The van der Waals surface area contributed by atoms with Crippen LogP contribution in [0.1, 0.15) is 59.8 Å². The minimum absolute atomic E-state index is 0.435. The Morgan fingerprint density at radius 2 is 1.64 bits per heavy atom. The van der Waals surface area contributed by atoms with Crippen molar-refractivity contribution in [3.8, 4) is 0 Å². The summed E-state index contributed by atoms with van der Waals surface area (Å²) in [5, 5.41) is 0. The molecule has 0 aromatic carbocycles. The predicted molar refractivity (Wildman–Crippen MR) is 63.6 cm³/mol. The van der Waals surface area contributed by atoms with Crippen molar-refractivity contribution in [2.24, 2.45) is 5.92 Å². The van der Waals surface area contributed by atoms with E-state index in [1.165, 1.54) is 45.2 Å². The van der Waals surface area contributed by atoms with E-state index in [4.69, 9.17) is 0 Å². The van der Waals surface area contributed by atoms with Crippen molar-refractivity contribution in [1.82, 2.24) is 4.90 Å². The maximum Gasteiger partial charge on any atom is 0.0153 e. The largest absolute Gasteiger partial charge is 0.298 e. The molecule has 1 rings (SSSR count). The molecule has 0 unspecified atom stereocenters. The van der Waals surface area contributed by atoms with Crippen LogP contribution < -0.4 is 0 Å². The highest BCUT2D eigenvalue weighted by Gasteiger charge is 2.27. The van der Waals surface area contributed by atoms with E-state index in [0.717, 1.165) is 5.92 Å². The molecule has 1 saturated heterocycles. The molecule has 0 spiro atoms. The third-order valence-electron chi connectivity index (χ3n) is 3.55. The lowest BCUT2D eigenvalue weighted by Gasteiger charge is -2.41. The van der Waals surface area contributed by atoms with Gasteiger partial charge < -0.3 is 0 Å². The molecule has 1 aliphatic rings. The van der Waals surface area contributed by atoms with Gasteiger partial charge in [-0.3, -0.25) is 4.90 Å². The van der Waals surface area contributed by atoms with Crippen molar-refractivity contribution in [2.45, 2.75) is 65.3 Å². The number of piperidine rings is 1. The Morgan fingerprint density at radius 3 is 2.14 bits per heavy atom. The Balaban J connectivity index is 2.37. The van der Waals surface area contributed by atoms with Crippen LogP contribution in [0.15, 0.2) is 0 Å². The topological polar surface area (TPSA) is 3.24 Å². The first kappa shape index (κ1) is 12.0. The van der Waals surface area contributed by atoms with Gasteiger partial charge in [0, 0.05) is 5.54 Å². The van der Waals surface area contributed by atoms with E-state index in [2.05, 4.69) is 32.6 Å². The highest BCUT2D eigenvalue weighted by Crippen LogP contribution is 2.26. The predicted octanol–water partition coefficient (Wildman–Crippen LogP) is 3.69. The van der Waals surface area contributed by atoms with Crippen molar-refractivity contribution in [3.05, 3.63) is 0 Å². The molecule has 0 N–H and O–H groups in total. The first-order valence-electron chi connectivity index (χ1n) is 6.27. The molecule has 1 fully saturated rings. The SMILES string of the molecule is CC(C)CCC(C)(C)N1CCCCC1. The number of nitrogens with zero attached hydrogens (tertiary/aromatic N) is 1. The Morgan fingerprint density at radius 1 is 1.07 bits per heavy atom. The van der Waals surface area contributed by atoms with E-state index in [0.29, 0.717) is 5.54 Å². The first-order chi connectivity index (χ1) is 6.52. The maximum absolute atomic E-state index is 2.69. The van der Waals surface area contributed by atoms with Crippen molar-refractivity contribution in [2.75, 3.05) is 13.1 Å². The van der Waals surface area contributed by atoms with Crippen LogP contribution in [0.4, 0.5) is 0 Å². The fourth-order valence-corrected chi connectivity index (χ4v) is 2.30. The van der Waals surface area contributed by atoms with Crippen molar-refractivity contribution < 1.29 is 0 Å². The average molecular weight is 197 g/mol. The van der Waals surface area contributed by atoms with Gasteiger partial charge in [0.05, 0.1) is 0 Å². The van der Waals surface area contributed by atoms with Crippen molar-refractivity contribution in [3.63, 3.8) is 0 Å². The molecule has 1 heterocycles. The van der Waals surface area contributed by atoms with E-state index in [-0.39, 0.29) is 0 Å². The van der Waals surface area contributed by atoms with Crippen LogP contribution in [-0.4, -0.2) is 23.5 Å². The average Bonchev–Trinajstić information content (AvgIpc) is 2.16. The molecule has 0 bridgehead atoms. The van der Waals surface area contributed by atoms with Gasteiger partial charge in [-0.25, -0.2) is 0 Å². The van der Waals surface area contributed by atoms with Gasteiger partial charge in [-0.05, 0) is 58.5 Å². The standard InChI is InChI=1S/C13H27N/c1-12(2)8-9-13(3,4)14-10-6-5-7-11-14/h12H,5-11H2,1-4H3. The van der Waals surface area contributed by atoms with Crippen LogP contribution in [0.5, 0.6) is 0 Å². The fraction of sp³-hybridized carbons (Fsp3) is 1.00. The molecule has 0 aliphatic carbocycles. The van der Waals surface area contributed by atoms with Crippen LogP contribution in [0.3, 0.4) is 0 Å². The molecule has 0 aromatic heterocycles. The highest BCUT2D eigenvalue weighted by atomic mass is 15.2. The normalized spacial score (nSPS) is 20.4. The molecule has 1 aliphatic heterocycles. The van der Waals surface area contributed by atoms with Gasteiger partial charge in [0.25, 0.3) is 0 Å². The Kier molecular flexibility index (Phi) is 4.43. The number of rotatable bonds is 4. The lowest BCUT2D eigenvalue weighted by Crippen LogP contribution is -2.46. The molecule has 0 radical (unpaired) electrons. The summed E-state index contributed by atoms with van der Waals surface area (Å²) in [7, 11) is 0. The zero-order valence-electron chi connectivity index (χ0n) is 10.5. The molecule has 84 valence electrons. The van der Waals surface area contributed by atoms with Crippen molar-refractivity contribution >= 4 is 0 Å². The molecule has 0 atom stereocenters. The molecular weight excluding hydrogens is 170 g/mol. The van der Waals surface area contributed by atoms with Crippen LogP contribution in [0.25, 0.3) is 0 Å². The van der Waals surface area contributed by atoms with Gasteiger partial charge in [-0.15, -0.1) is 0 Å². The summed E-state index contributed by atoms with van der Waals surface area (Å²) in [6.07, 6.45) is 6.97. The smallest absolute Gasteiger partial charge is 0.0153 e. The van der Waals surface area contributed by atoms with Gasteiger partial charge in [0.2, 0.25) is 0 Å². The molecule has 14 heavy (non-hydrogen) atoms. The van der Waals surface area contributed by atoms with Crippen LogP contribution in [0, 0.1) is 5.92 Å². The third-order valence-corrected chi connectivity index (χ3v) is 3.55. The summed E-state index contributed by atoms with van der Waals surface area (Å²) in [6.45, 7) is 12.1. The monoisotopic (exact) mass is 197 g/mol. The lowest BCUT2D eigenvalue weighted by atomic mass is 9.90. The second kappa shape index (κ2) is 5.16. The Labute approximate surface area is 89.9 Å². The summed E-state index contributed by atoms with van der Waals surface area (Å²) >= 11 is 0. The zero-order chi connectivity index (χ0) is 10.6. The molecule has 0 amide bonds. The summed E-state index contributed by atoms with van der Waals surface area (Å²) in [5.74, 6) is 0.846. The second-order valence-electron chi connectivity index (χ2n) is 5.79. The zero-order valence-corrected chi connectivity index (χ0v) is 10.5. The van der Waals surface area contributed by atoms with E-state index < -0.39 is 0 Å². The van der Waals surface area contributed by atoms with E-state index in [1.54, 1.807) is 0 Å². The number of hydrogen-bond donors (Lipinski definition) is 0. The maximum atomic E-state index is 2.69. The second-order valence-corrected chi connectivity index (χ2v) is 5.79. The van der Waals surface area contributed by atoms with Gasteiger partial charge in [0.1, 0.15) is 0 Å². The van der Waals surface area contributed by atoms with Gasteiger partial charge in [-0.2, -0.15) is 0 Å². The summed E-state index contributed by atoms with van der Waals surface area (Å²) in [4.78, 5) is 2.69. The van der Waals surface area contributed by atoms with Crippen LogP contribution >= 0.6 is 0 Å². The number of hydrogen-bond acceptors (Lipinski definition) is 1. The summed E-state index contributed by atoms with van der Waals surface area (Å²) in [5.41, 5.74) is 0.435. The van der Waals surface area contributed by atoms with Gasteiger partial charge in [-0.1, -0.05) is 20.3 Å². The van der Waals surface area contributed by atoms with Gasteiger partial charge >= 0.3 is 0 Å². The van der Waals surface area contributed by atoms with E-state index in [1.807, 2.05) is 0 Å². The molecule has 1 heteroatoms. The lowest BCUT2D eigenvalue weighted by molar-refractivity contribution is 0.0832. The fourth-order valence-electron chi connectivity index (χ4n) is 2.30. The summed E-state index contributed by atoms with van der Waals surface area (Å²) in [6, 6.07) is 0. The molecule has 1 nitrogen and oxygen atoms in total. The highest BCUT2D eigenvalue weighted by molar-refractivity contribution is 4.83. The van der Waals surface area contributed by atoms with Gasteiger partial charge in [0.15, 0.2) is 0 Å². The van der Waals surface area contributed by atoms with E-state index in [9.17, 15) is 0 Å². The Bertz CT molecular complexity index is 155.